The molecule has 6 nitrogen and oxygen atoms in total. The number of hydrogen-bond donors (Lipinski definition) is 1. The van der Waals surface area contributed by atoms with Gasteiger partial charge in [-0.25, -0.2) is 4.98 Å². The molecule has 0 bridgehead atoms. The van der Waals surface area contributed by atoms with E-state index in [2.05, 4.69) is 27.3 Å². The predicted molar refractivity (Wildman–Crippen MR) is 108 cm³/mol. The zero-order valence-electron chi connectivity index (χ0n) is 15.7. The summed E-state index contributed by atoms with van der Waals surface area (Å²) in [5.41, 5.74) is 5.28. The molecule has 5 rings (SSSR count). The Morgan fingerprint density at radius 1 is 1.14 bits per heavy atom. The molecule has 1 fully saturated rings. The molecule has 0 unspecified atom stereocenters. The van der Waals surface area contributed by atoms with Crippen molar-refractivity contribution in [1.29, 1.82) is 0 Å². The van der Waals surface area contributed by atoms with Crippen LogP contribution in [0.1, 0.15) is 23.1 Å². The normalized spacial score (nSPS) is 16.4. The second-order valence-corrected chi connectivity index (χ2v) is 7.46. The number of carbonyl (C=O) groups is 1. The van der Waals surface area contributed by atoms with Gasteiger partial charge in [0.2, 0.25) is 5.91 Å². The Kier molecular flexibility index (Phi) is 4.49. The van der Waals surface area contributed by atoms with Crippen LogP contribution in [0.2, 0.25) is 0 Å². The Bertz CT molecular complexity index is 1000. The maximum atomic E-state index is 12.5. The standard InChI is InChI=1S/C22H23N3O3/c26-22(24-18-4-5-21(23-13-18)25-6-8-27-9-7-25)12-17-14-28-20-11-16-3-1-2-15(16)10-19(17)20/h4-5,10-11,13-14H,1-3,6-9,12H2,(H,24,26). The van der Waals surface area contributed by atoms with Crippen LogP contribution < -0.4 is 10.2 Å². The largest absolute Gasteiger partial charge is 0.464 e. The van der Waals surface area contributed by atoms with Crippen LogP contribution in [-0.4, -0.2) is 37.2 Å². The molecule has 1 aliphatic heterocycles. The minimum atomic E-state index is -0.0656. The highest BCUT2D eigenvalue weighted by atomic mass is 16.5. The lowest BCUT2D eigenvalue weighted by Crippen LogP contribution is -2.36. The quantitative estimate of drug-likeness (QED) is 0.755. The van der Waals surface area contributed by atoms with Crippen LogP contribution in [0.25, 0.3) is 11.0 Å². The first kappa shape index (κ1) is 17.3. The summed E-state index contributed by atoms with van der Waals surface area (Å²) in [6.45, 7) is 3.13. The number of nitrogens with zero attached hydrogens (tertiary/aromatic N) is 2. The third-order valence-corrected chi connectivity index (χ3v) is 5.59. The number of benzene rings is 1. The highest BCUT2D eigenvalue weighted by Gasteiger charge is 2.17. The van der Waals surface area contributed by atoms with E-state index in [0.29, 0.717) is 5.69 Å². The van der Waals surface area contributed by atoms with E-state index in [1.807, 2.05) is 12.1 Å². The molecule has 3 heterocycles. The lowest BCUT2D eigenvalue weighted by molar-refractivity contribution is -0.115. The molecule has 2 aliphatic rings. The molecular weight excluding hydrogens is 354 g/mol. The van der Waals surface area contributed by atoms with Crippen LogP contribution in [0.15, 0.2) is 41.1 Å². The number of amides is 1. The summed E-state index contributed by atoms with van der Waals surface area (Å²) < 4.78 is 11.1. The lowest BCUT2D eigenvalue weighted by Gasteiger charge is -2.27. The van der Waals surface area contributed by atoms with E-state index in [1.165, 1.54) is 17.5 Å². The summed E-state index contributed by atoms with van der Waals surface area (Å²) in [5, 5.41) is 3.99. The molecule has 2 aromatic heterocycles. The fraction of sp³-hybridized carbons (Fsp3) is 0.364. The van der Waals surface area contributed by atoms with Crippen LogP contribution in [0.5, 0.6) is 0 Å². The van der Waals surface area contributed by atoms with Gasteiger partial charge in [0.05, 0.1) is 37.8 Å². The first-order valence-corrected chi connectivity index (χ1v) is 9.87. The molecule has 3 aromatic rings. The monoisotopic (exact) mass is 377 g/mol. The van der Waals surface area contributed by atoms with Crippen molar-refractivity contribution < 1.29 is 13.9 Å². The summed E-state index contributed by atoms with van der Waals surface area (Å²) in [4.78, 5) is 19.2. The topological polar surface area (TPSA) is 67.6 Å². The molecule has 1 aliphatic carbocycles. The van der Waals surface area contributed by atoms with Crippen LogP contribution >= 0.6 is 0 Å². The van der Waals surface area contributed by atoms with Crippen molar-refractivity contribution in [3.8, 4) is 0 Å². The van der Waals surface area contributed by atoms with Gasteiger partial charge in [-0.05, 0) is 54.7 Å². The fourth-order valence-corrected chi connectivity index (χ4v) is 4.10. The molecule has 1 saturated heterocycles. The Labute approximate surface area is 163 Å². The summed E-state index contributed by atoms with van der Waals surface area (Å²) in [5.74, 6) is 0.847. The molecular formula is C22H23N3O3. The predicted octanol–water partition coefficient (Wildman–Crippen LogP) is 3.33. The van der Waals surface area contributed by atoms with Crippen molar-refractivity contribution in [2.45, 2.75) is 25.7 Å². The molecule has 0 saturated carbocycles. The van der Waals surface area contributed by atoms with Gasteiger partial charge in [-0.2, -0.15) is 0 Å². The number of aromatic nitrogens is 1. The third kappa shape index (κ3) is 3.36. The molecule has 28 heavy (non-hydrogen) atoms. The Hall–Kier alpha value is -2.86. The summed E-state index contributed by atoms with van der Waals surface area (Å²) in [6, 6.07) is 8.17. The van der Waals surface area contributed by atoms with Crippen LogP contribution in [-0.2, 0) is 28.8 Å². The van der Waals surface area contributed by atoms with Gasteiger partial charge in [-0.3, -0.25) is 4.79 Å². The number of anilines is 2. The fourth-order valence-electron chi connectivity index (χ4n) is 4.10. The Balaban J connectivity index is 1.27. The van der Waals surface area contributed by atoms with Gasteiger partial charge in [0.25, 0.3) is 0 Å². The number of hydrogen-bond acceptors (Lipinski definition) is 5. The smallest absolute Gasteiger partial charge is 0.228 e. The number of carbonyl (C=O) groups excluding carboxylic acids is 1. The van der Waals surface area contributed by atoms with Crippen molar-refractivity contribution in [3.05, 3.63) is 53.4 Å². The number of aryl methyl sites for hydroxylation is 2. The maximum Gasteiger partial charge on any atom is 0.228 e. The maximum absolute atomic E-state index is 12.5. The summed E-state index contributed by atoms with van der Waals surface area (Å²) in [6.07, 6.45) is 7.14. The van der Waals surface area contributed by atoms with Gasteiger partial charge in [0.1, 0.15) is 11.4 Å². The molecule has 144 valence electrons. The molecule has 0 atom stereocenters. The van der Waals surface area contributed by atoms with Gasteiger partial charge in [0.15, 0.2) is 0 Å². The molecule has 6 heteroatoms. The number of fused-ring (bicyclic) bond motifs is 2. The second kappa shape index (κ2) is 7.28. The number of ether oxygens (including phenoxy) is 1. The second-order valence-electron chi connectivity index (χ2n) is 7.46. The summed E-state index contributed by atoms with van der Waals surface area (Å²) in [7, 11) is 0. The average Bonchev–Trinajstić information content (AvgIpc) is 3.34. The molecule has 1 amide bonds. The number of nitrogens with one attached hydrogen (secondary N) is 1. The van der Waals surface area contributed by atoms with E-state index in [-0.39, 0.29) is 12.3 Å². The number of morpholine rings is 1. The van der Waals surface area contributed by atoms with E-state index in [4.69, 9.17) is 9.15 Å². The highest BCUT2D eigenvalue weighted by molar-refractivity contribution is 5.95. The van der Waals surface area contributed by atoms with E-state index < -0.39 is 0 Å². The average molecular weight is 377 g/mol. The SMILES string of the molecule is O=C(Cc1coc2cc3c(cc12)CCC3)Nc1ccc(N2CCOCC2)nc1. The van der Waals surface area contributed by atoms with E-state index >= 15 is 0 Å². The molecule has 1 N–H and O–H groups in total. The van der Waals surface area contributed by atoms with Crippen molar-refractivity contribution in [2.75, 3.05) is 36.5 Å². The third-order valence-electron chi connectivity index (χ3n) is 5.59. The van der Waals surface area contributed by atoms with Crippen molar-refractivity contribution in [3.63, 3.8) is 0 Å². The first-order chi connectivity index (χ1) is 13.8. The van der Waals surface area contributed by atoms with Gasteiger partial charge >= 0.3 is 0 Å². The van der Waals surface area contributed by atoms with Crippen LogP contribution in [0.3, 0.4) is 0 Å². The van der Waals surface area contributed by atoms with Gasteiger partial charge in [-0.1, -0.05) is 0 Å². The lowest BCUT2D eigenvalue weighted by atomic mass is 10.0. The first-order valence-electron chi connectivity index (χ1n) is 9.87. The van der Waals surface area contributed by atoms with Gasteiger partial charge in [0, 0.05) is 24.0 Å². The number of rotatable bonds is 4. The molecule has 1 aromatic carbocycles. The molecule has 0 spiro atoms. The Morgan fingerprint density at radius 2 is 1.96 bits per heavy atom. The minimum absolute atomic E-state index is 0.0656. The van der Waals surface area contributed by atoms with Crippen molar-refractivity contribution in [1.82, 2.24) is 4.98 Å². The van der Waals surface area contributed by atoms with E-state index in [1.54, 1.807) is 12.5 Å². The minimum Gasteiger partial charge on any atom is -0.464 e. The number of pyridine rings is 1. The Morgan fingerprint density at radius 3 is 2.75 bits per heavy atom. The van der Waals surface area contributed by atoms with Crippen molar-refractivity contribution in [2.24, 2.45) is 0 Å². The van der Waals surface area contributed by atoms with E-state index in [0.717, 1.165) is 61.5 Å². The van der Waals surface area contributed by atoms with Crippen LogP contribution in [0.4, 0.5) is 11.5 Å². The van der Waals surface area contributed by atoms with Crippen LogP contribution in [0, 0.1) is 0 Å². The van der Waals surface area contributed by atoms with Crippen molar-refractivity contribution >= 4 is 28.4 Å². The number of furan rings is 1. The highest BCUT2D eigenvalue weighted by Crippen LogP contribution is 2.30. The van der Waals surface area contributed by atoms with Gasteiger partial charge in [-0.15, -0.1) is 0 Å². The van der Waals surface area contributed by atoms with E-state index in [9.17, 15) is 4.79 Å². The zero-order valence-corrected chi connectivity index (χ0v) is 15.7. The zero-order chi connectivity index (χ0) is 18.9. The molecule has 0 radical (unpaired) electrons. The summed E-state index contributed by atoms with van der Waals surface area (Å²) >= 11 is 0. The van der Waals surface area contributed by atoms with Gasteiger partial charge < -0.3 is 19.4 Å².